The molecule has 0 saturated carbocycles. The van der Waals surface area contributed by atoms with Crippen LogP contribution in [0.4, 0.5) is 11.4 Å². The average Bonchev–Trinajstić information content (AvgIpc) is 3.15. The Kier molecular flexibility index (Phi) is 12.3. The maximum Gasteiger partial charge on any atom is 0.272 e. The number of methoxy groups -OCH3 is 2. The van der Waals surface area contributed by atoms with Gasteiger partial charge in [0.25, 0.3) is 11.8 Å². The van der Waals surface area contributed by atoms with Crippen LogP contribution in [0.1, 0.15) is 28.4 Å². The van der Waals surface area contributed by atoms with Crippen LogP contribution in [0.3, 0.4) is 0 Å². The number of carbonyl (C=O) groups excluding carboxylic acids is 3. The molecule has 0 aliphatic carbocycles. The van der Waals surface area contributed by atoms with Gasteiger partial charge < -0.3 is 30.2 Å². The number of anilines is 2. The maximum absolute atomic E-state index is 13.7. The van der Waals surface area contributed by atoms with Crippen molar-refractivity contribution in [3.63, 3.8) is 0 Å². The fraction of sp³-hybridized carbons (Fsp3) is 0.125. The minimum Gasteiger partial charge on any atom is -0.497 e. The van der Waals surface area contributed by atoms with E-state index < -0.39 is 17.1 Å². The Hall–Kier alpha value is -6.00. The molecule has 5 rings (SSSR count). The molecule has 50 heavy (non-hydrogen) atoms. The monoisotopic (exact) mass is 687 g/mol. The summed E-state index contributed by atoms with van der Waals surface area (Å²) in [5.41, 5.74) is 3.19. The van der Waals surface area contributed by atoms with Crippen LogP contribution in [0.5, 0.6) is 17.2 Å². The van der Waals surface area contributed by atoms with Crippen LogP contribution in [0.25, 0.3) is 6.08 Å². The van der Waals surface area contributed by atoms with Gasteiger partial charge in [0.15, 0.2) is 0 Å². The van der Waals surface area contributed by atoms with E-state index in [0.717, 1.165) is 10.5 Å². The molecule has 0 heterocycles. The van der Waals surface area contributed by atoms with Crippen LogP contribution in [0.15, 0.2) is 138 Å². The van der Waals surface area contributed by atoms with E-state index in [1.165, 1.54) is 18.9 Å². The molecular weight excluding hydrogens is 651 g/mol. The van der Waals surface area contributed by atoms with Crippen molar-refractivity contribution in [1.82, 2.24) is 5.32 Å². The Labute approximate surface area is 295 Å². The quantitative estimate of drug-likeness (QED) is 0.0806. The first-order valence-corrected chi connectivity index (χ1v) is 16.6. The molecule has 0 aliphatic rings. The standard InChI is InChI=1S/C40H37N3O6S/c1-27(38(44)42-35-25-33(47-2)21-22-37(35)48-3)50-34-16-10-15-31(24-34)41-40(46)36(43-39(45)30-13-8-5-9-14-30)23-28-17-19-32(20-18-28)49-26-29-11-6-4-7-12-29/h4-25,27H,26H2,1-3H3,(H,41,46)(H,42,44)(H,43,45)/b36-23+. The van der Waals surface area contributed by atoms with Crippen molar-refractivity contribution in [2.24, 2.45) is 0 Å². The highest BCUT2D eigenvalue weighted by Crippen LogP contribution is 2.31. The Morgan fingerprint density at radius 1 is 0.740 bits per heavy atom. The molecule has 0 aromatic heterocycles. The molecule has 0 bridgehead atoms. The number of thioether (sulfide) groups is 1. The van der Waals surface area contributed by atoms with Crippen LogP contribution < -0.4 is 30.2 Å². The third kappa shape index (κ3) is 10.0. The van der Waals surface area contributed by atoms with Gasteiger partial charge in [0.2, 0.25) is 5.91 Å². The highest BCUT2D eigenvalue weighted by Gasteiger charge is 2.19. The molecule has 0 aliphatic heterocycles. The zero-order valence-electron chi connectivity index (χ0n) is 27.8. The molecule has 0 spiro atoms. The predicted octanol–water partition coefficient (Wildman–Crippen LogP) is 7.81. The zero-order valence-corrected chi connectivity index (χ0v) is 28.7. The smallest absolute Gasteiger partial charge is 0.272 e. The van der Waals surface area contributed by atoms with Gasteiger partial charge in [-0.2, -0.15) is 0 Å². The lowest BCUT2D eigenvalue weighted by Gasteiger charge is -2.16. The third-order valence-electron chi connectivity index (χ3n) is 7.41. The highest BCUT2D eigenvalue weighted by molar-refractivity contribution is 8.00. The van der Waals surface area contributed by atoms with Crippen LogP contribution in [-0.4, -0.2) is 37.2 Å². The summed E-state index contributed by atoms with van der Waals surface area (Å²) in [5.74, 6) is 0.592. The fourth-order valence-electron chi connectivity index (χ4n) is 4.76. The summed E-state index contributed by atoms with van der Waals surface area (Å²) in [6.07, 6.45) is 1.61. The zero-order chi connectivity index (χ0) is 35.3. The molecular formula is C40H37N3O6S. The van der Waals surface area contributed by atoms with Gasteiger partial charge in [-0.3, -0.25) is 14.4 Å². The molecule has 0 fully saturated rings. The van der Waals surface area contributed by atoms with Crippen LogP contribution in [0.2, 0.25) is 0 Å². The van der Waals surface area contributed by atoms with Gasteiger partial charge in [0, 0.05) is 22.2 Å². The number of hydrogen-bond donors (Lipinski definition) is 3. The molecule has 254 valence electrons. The first kappa shape index (κ1) is 35.3. The topological polar surface area (TPSA) is 115 Å². The SMILES string of the molecule is COc1ccc(OC)c(NC(=O)C(C)Sc2cccc(NC(=O)/C(=C\c3ccc(OCc4ccccc4)cc3)NC(=O)c3ccccc3)c2)c1. The number of amides is 3. The number of benzene rings is 5. The van der Waals surface area contributed by atoms with E-state index in [2.05, 4.69) is 16.0 Å². The first-order valence-electron chi connectivity index (χ1n) is 15.8. The van der Waals surface area contributed by atoms with Crippen molar-refractivity contribution in [2.45, 2.75) is 23.7 Å². The van der Waals surface area contributed by atoms with Gasteiger partial charge in [0.05, 0.1) is 25.2 Å². The van der Waals surface area contributed by atoms with Crippen molar-refractivity contribution in [3.05, 3.63) is 150 Å². The molecule has 5 aromatic carbocycles. The highest BCUT2D eigenvalue weighted by atomic mass is 32.2. The van der Waals surface area contributed by atoms with E-state index in [1.54, 1.807) is 80.8 Å². The minimum absolute atomic E-state index is 0.0508. The summed E-state index contributed by atoms with van der Waals surface area (Å²) in [6, 6.07) is 38.1. The van der Waals surface area contributed by atoms with E-state index in [1.807, 2.05) is 66.7 Å². The van der Waals surface area contributed by atoms with Gasteiger partial charge in [-0.25, -0.2) is 0 Å². The van der Waals surface area contributed by atoms with Gasteiger partial charge in [-0.15, -0.1) is 11.8 Å². The number of ether oxygens (including phenoxy) is 3. The van der Waals surface area contributed by atoms with Crippen molar-refractivity contribution in [3.8, 4) is 17.2 Å². The van der Waals surface area contributed by atoms with E-state index in [9.17, 15) is 14.4 Å². The molecule has 9 nitrogen and oxygen atoms in total. The Morgan fingerprint density at radius 3 is 2.14 bits per heavy atom. The summed E-state index contributed by atoms with van der Waals surface area (Å²) in [7, 11) is 3.08. The maximum atomic E-state index is 13.7. The largest absolute Gasteiger partial charge is 0.497 e. The molecule has 3 amide bonds. The van der Waals surface area contributed by atoms with Crippen LogP contribution in [-0.2, 0) is 16.2 Å². The van der Waals surface area contributed by atoms with Crippen molar-refractivity contribution < 1.29 is 28.6 Å². The lowest BCUT2D eigenvalue weighted by atomic mass is 10.1. The Balaban J connectivity index is 1.28. The number of rotatable bonds is 14. The summed E-state index contributed by atoms with van der Waals surface area (Å²) in [4.78, 5) is 40.6. The Bertz CT molecular complexity index is 1950. The molecule has 0 radical (unpaired) electrons. The van der Waals surface area contributed by atoms with E-state index in [0.29, 0.717) is 46.4 Å². The first-order chi connectivity index (χ1) is 24.3. The molecule has 3 N–H and O–H groups in total. The second-order valence-corrected chi connectivity index (χ2v) is 12.4. The third-order valence-corrected chi connectivity index (χ3v) is 8.50. The second-order valence-electron chi connectivity index (χ2n) is 11.0. The average molecular weight is 688 g/mol. The number of hydrogen-bond acceptors (Lipinski definition) is 7. The van der Waals surface area contributed by atoms with Crippen molar-refractivity contribution in [1.29, 1.82) is 0 Å². The molecule has 0 saturated heterocycles. The van der Waals surface area contributed by atoms with E-state index in [4.69, 9.17) is 14.2 Å². The lowest BCUT2D eigenvalue weighted by Crippen LogP contribution is -2.30. The lowest BCUT2D eigenvalue weighted by molar-refractivity contribution is -0.115. The van der Waals surface area contributed by atoms with Crippen LogP contribution >= 0.6 is 11.8 Å². The van der Waals surface area contributed by atoms with Gasteiger partial charge in [-0.05, 0) is 78.7 Å². The predicted molar refractivity (Wildman–Crippen MR) is 198 cm³/mol. The van der Waals surface area contributed by atoms with Gasteiger partial charge in [-0.1, -0.05) is 66.7 Å². The van der Waals surface area contributed by atoms with Crippen LogP contribution in [0, 0.1) is 0 Å². The van der Waals surface area contributed by atoms with Gasteiger partial charge >= 0.3 is 0 Å². The normalized spacial score (nSPS) is 11.5. The Morgan fingerprint density at radius 2 is 1.44 bits per heavy atom. The minimum atomic E-state index is -0.517. The van der Waals surface area contributed by atoms with Crippen molar-refractivity contribution >= 4 is 46.9 Å². The second kappa shape index (κ2) is 17.4. The summed E-state index contributed by atoms with van der Waals surface area (Å²) >= 11 is 1.33. The summed E-state index contributed by atoms with van der Waals surface area (Å²) in [5, 5.41) is 8.07. The number of nitrogens with one attached hydrogen (secondary N) is 3. The summed E-state index contributed by atoms with van der Waals surface area (Å²) in [6.45, 7) is 2.21. The molecule has 1 atom stereocenters. The molecule has 1 unspecified atom stereocenters. The van der Waals surface area contributed by atoms with Gasteiger partial charge in [0.1, 0.15) is 29.6 Å². The summed E-state index contributed by atoms with van der Waals surface area (Å²) < 4.78 is 16.6. The molecule has 5 aromatic rings. The fourth-order valence-corrected chi connectivity index (χ4v) is 5.69. The molecule has 10 heteroatoms. The van der Waals surface area contributed by atoms with Crippen molar-refractivity contribution in [2.75, 3.05) is 24.9 Å². The van der Waals surface area contributed by atoms with E-state index in [-0.39, 0.29) is 11.6 Å². The number of carbonyl (C=O) groups is 3. The van der Waals surface area contributed by atoms with E-state index >= 15 is 0 Å².